The van der Waals surface area contributed by atoms with Gasteiger partial charge in [0.1, 0.15) is 0 Å². The summed E-state index contributed by atoms with van der Waals surface area (Å²) in [5, 5.41) is 12.8. The molecule has 0 spiro atoms. The molecule has 0 aromatic heterocycles. The van der Waals surface area contributed by atoms with E-state index in [0.29, 0.717) is 11.3 Å². The van der Waals surface area contributed by atoms with Crippen molar-refractivity contribution >= 4 is 6.21 Å². The molecule has 0 fully saturated rings. The van der Waals surface area contributed by atoms with Gasteiger partial charge >= 0.3 is 0 Å². The van der Waals surface area contributed by atoms with Crippen LogP contribution < -0.4 is 10.1 Å². The molecule has 0 saturated heterocycles. The minimum atomic E-state index is 0.141. The summed E-state index contributed by atoms with van der Waals surface area (Å²) in [6.07, 6.45) is 2.66. The van der Waals surface area contributed by atoms with E-state index in [1.54, 1.807) is 18.3 Å². The summed E-state index contributed by atoms with van der Waals surface area (Å²) < 4.78 is 5.01. The smallest absolute Gasteiger partial charge is 0.166 e. The summed E-state index contributed by atoms with van der Waals surface area (Å²) in [6, 6.07) is 5.35. The van der Waals surface area contributed by atoms with Gasteiger partial charge in [0.05, 0.1) is 7.11 Å². The Bertz CT molecular complexity index is 351. The maximum absolute atomic E-state index is 9.76. The average molecular weight is 222 g/mol. The molecule has 0 amide bonds. The summed E-state index contributed by atoms with van der Waals surface area (Å²) in [6.45, 7) is 1.69. The van der Waals surface area contributed by atoms with E-state index < -0.39 is 0 Å². The van der Waals surface area contributed by atoms with Crippen LogP contribution in [0.4, 0.5) is 0 Å². The number of phenols is 1. The Morgan fingerprint density at radius 2 is 2.31 bits per heavy atom. The van der Waals surface area contributed by atoms with Gasteiger partial charge in [0.15, 0.2) is 11.5 Å². The minimum absolute atomic E-state index is 0.141. The van der Waals surface area contributed by atoms with Gasteiger partial charge in [-0.1, -0.05) is 6.07 Å². The normalized spacial score (nSPS) is 10.9. The van der Waals surface area contributed by atoms with Gasteiger partial charge in [0.25, 0.3) is 0 Å². The Balaban J connectivity index is 2.59. The molecule has 4 nitrogen and oxygen atoms in total. The number of hydrogen-bond donors (Lipinski definition) is 2. The number of methoxy groups -OCH3 is 1. The van der Waals surface area contributed by atoms with Crippen LogP contribution in [-0.4, -0.2) is 38.6 Å². The average Bonchev–Trinajstić information content (AvgIpc) is 2.31. The molecule has 0 bridgehead atoms. The molecule has 1 rings (SSSR count). The fourth-order valence-electron chi connectivity index (χ4n) is 1.32. The molecule has 88 valence electrons. The van der Waals surface area contributed by atoms with Crippen molar-refractivity contribution in [3.63, 3.8) is 0 Å². The zero-order chi connectivity index (χ0) is 11.8. The molecular formula is C12H18N2O2. The van der Waals surface area contributed by atoms with Crippen molar-refractivity contribution in [2.45, 2.75) is 6.42 Å². The van der Waals surface area contributed by atoms with Crippen molar-refractivity contribution in [2.24, 2.45) is 4.99 Å². The highest BCUT2D eigenvalue weighted by atomic mass is 16.5. The van der Waals surface area contributed by atoms with E-state index in [-0.39, 0.29) is 5.75 Å². The predicted molar refractivity (Wildman–Crippen MR) is 65.7 cm³/mol. The van der Waals surface area contributed by atoms with Gasteiger partial charge in [-0.25, -0.2) is 0 Å². The highest BCUT2D eigenvalue weighted by Gasteiger charge is 2.03. The number of ether oxygens (including phenoxy) is 1. The van der Waals surface area contributed by atoms with Crippen LogP contribution in [0.2, 0.25) is 0 Å². The van der Waals surface area contributed by atoms with E-state index >= 15 is 0 Å². The zero-order valence-electron chi connectivity index (χ0n) is 9.73. The van der Waals surface area contributed by atoms with E-state index in [2.05, 4.69) is 10.3 Å². The third kappa shape index (κ3) is 3.55. The quantitative estimate of drug-likeness (QED) is 0.565. The van der Waals surface area contributed by atoms with Gasteiger partial charge < -0.3 is 15.2 Å². The highest BCUT2D eigenvalue weighted by Crippen LogP contribution is 2.27. The van der Waals surface area contributed by atoms with Crippen LogP contribution in [0.3, 0.4) is 0 Å². The Kier molecular flexibility index (Phi) is 5.36. The monoisotopic (exact) mass is 222 g/mol. The summed E-state index contributed by atoms with van der Waals surface area (Å²) in [5.74, 6) is 0.613. The third-order valence-electron chi connectivity index (χ3n) is 2.19. The molecule has 1 aromatic carbocycles. The number of aliphatic imine (C=N–C) groups is 1. The number of nitrogens with zero attached hydrogens (tertiary/aromatic N) is 1. The molecule has 0 unspecified atom stereocenters. The Morgan fingerprint density at radius 3 is 3.00 bits per heavy atom. The molecule has 0 atom stereocenters. The Hall–Kier alpha value is -1.55. The maximum Gasteiger partial charge on any atom is 0.166 e. The van der Waals surface area contributed by atoms with Gasteiger partial charge in [-0.15, -0.1) is 0 Å². The van der Waals surface area contributed by atoms with Crippen LogP contribution in [-0.2, 0) is 0 Å². The van der Waals surface area contributed by atoms with Crippen molar-refractivity contribution in [1.29, 1.82) is 0 Å². The van der Waals surface area contributed by atoms with Crippen molar-refractivity contribution in [1.82, 2.24) is 5.32 Å². The van der Waals surface area contributed by atoms with Gasteiger partial charge in [0, 0.05) is 18.3 Å². The van der Waals surface area contributed by atoms with Crippen LogP contribution in [0.5, 0.6) is 11.5 Å². The highest BCUT2D eigenvalue weighted by molar-refractivity contribution is 5.84. The van der Waals surface area contributed by atoms with Gasteiger partial charge in [-0.05, 0) is 32.1 Å². The maximum atomic E-state index is 9.76. The molecule has 0 radical (unpaired) electrons. The van der Waals surface area contributed by atoms with Crippen molar-refractivity contribution < 1.29 is 9.84 Å². The first kappa shape index (κ1) is 12.5. The molecule has 4 heteroatoms. The second-order valence-corrected chi connectivity index (χ2v) is 3.39. The number of para-hydroxylation sites is 1. The van der Waals surface area contributed by atoms with Gasteiger partial charge in [-0.3, -0.25) is 4.99 Å². The topological polar surface area (TPSA) is 53.9 Å². The summed E-state index contributed by atoms with van der Waals surface area (Å²) in [4.78, 5) is 4.23. The van der Waals surface area contributed by atoms with E-state index in [0.717, 1.165) is 19.5 Å². The lowest BCUT2D eigenvalue weighted by molar-refractivity contribution is 0.373. The van der Waals surface area contributed by atoms with Crippen molar-refractivity contribution in [3.8, 4) is 11.5 Å². The summed E-state index contributed by atoms with van der Waals surface area (Å²) in [7, 11) is 3.44. The minimum Gasteiger partial charge on any atom is -0.504 e. The van der Waals surface area contributed by atoms with Crippen molar-refractivity contribution in [3.05, 3.63) is 23.8 Å². The second kappa shape index (κ2) is 6.85. The lowest BCUT2D eigenvalue weighted by atomic mass is 10.2. The van der Waals surface area contributed by atoms with Crippen LogP contribution in [0, 0.1) is 0 Å². The number of nitrogens with one attached hydrogen (secondary N) is 1. The van der Waals surface area contributed by atoms with Gasteiger partial charge in [-0.2, -0.15) is 0 Å². The molecule has 0 saturated carbocycles. The summed E-state index contributed by atoms with van der Waals surface area (Å²) in [5.41, 5.74) is 0.684. The fraction of sp³-hybridized carbons (Fsp3) is 0.417. The van der Waals surface area contributed by atoms with Crippen molar-refractivity contribution in [2.75, 3.05) is 27.2 Å². The molecule has 2 N–H and O–H groups in total. The predicted octanol–water partition coefficient (Wildman–Crippen LogP) is 1.43. The molecule has 0 heterocycles. The number of rotatable bonds is 6. The fourth-order valence-corrected chi connectivity index (χ4v) is 1.32. The Labute approximate surface area is 96.0 Å². The first-order chi connectivity index (χ1) is 7.79. The second-order valence-electron chi connectivity index (χ2n) is 3.39. The lowest BCUT2D eigenvalue weighted by Crippen LogP contribution is -2.08. The van der Waals surface area contributed by atoms with Crippen LogP contribution in [0.25, 0.3) is 0 Å². The third-order valence-corrected chi connectivity index (χ3v) is 2.19. The standard InChI is InChI=1S/C12H18N2O2/c1-13-7-4-8-14-9-10-5-3-6-11(16-2)12(10)15/h3,5-6,9,13,15H,4,7-8H2,1-2H3. The van der Waals surface area contributed by atoms with Crippen LogP contribution >= 0.6 is 0 Å². The molecule has 0 aliphatic rings. The molecule has 0 aliphatic heterocycles. The van der Waals surface area contributed by atoms with E-state index in [1.807, 2.05) is 13.1 Å². The molecule has 16 heavy (non-hydrogen) atoms. The zero-order valence-corrected chi connectivity index (χ0v) is 9.73. The van der Waals surface area contributed by atoms with Crippen LogP contribution in [0.1, 0.15) is 12.0 Å². The SMILES string of the molecule is CNCCCN=Cc1cccc(OC)c1O. The van der Waals surface area contributed by atoms with E-state index in [9.17, 15) is 5.11 Å². The van der Waals surface area contributed by atoms with E-state index in [1.165, 1.54) is 7.11 Å². The number of phenolic OH excluding ortho intramolecular Hbond substituents is 1. The summed E-state index contributed by atoms with van der Waals surface area (Å²) >= 11 is 0. The molecule has 0 aliphatic carbocycles. The van der Waals surface area contributed by atoms with Crippen LogP contribution in [0.15, 0.2) is 23.2 Å². The lowest BCUT2D eigenvalue weighted by Gasteiger charge is -2.04. The molecular weight excluding hydrogens is 204 g/mol. The Morgan fingerprint density at radius 1 is 1.50 bits per heavy atom. The first-order valence-corrected chi connectivity index (χ1v) is 5.30. The first-order valence-electron chi connectivity index (χ1n) is 5.30. The largest absolute Gasteiger partial charge is 0.504 e. The number of hydrogen-bond acceptors (Lipinski definition) is 4. The molecule has 1 aromatic rings. The number of aromatic hydroxyl groups is 1. The van der Waals surface area contributed by atoms with E-state index in [4.69, 9.17) is 4.74 Å². The van der Waals surface area contributed by atoms with Gasteiger partial charge in [0.2, 0.25) is 0 Å². The number of benzene rings is 1.